The molecule has 4 heteroatoms. The number of pyridine rings is 1. The molecule has 0 fully saturated rings. The van der Waals surface area contributed by atoms with Crippen LogP contribution in [-0.4, -0.2) is 4.98 Å². The van der Waals surface area contributed by atoms with E-state index < -0.39 is 0 Å². The van der Waals surface area contributed by atoms with E-state index in [4.69, 9.17) is 16.9 Å². The van der Waals surface area contributed by atoms with E-state index in [1.807, 2.05) is 24.3 Å². The van der Waals surface area contributed by atoms with Gasteiger partial charge in [0, 0.05) is 6.54 Å². The molecule has 1 N–H and O–H groups in total. The lowest BCUT2D eigenvalue weighted by Gasteiger charge is -2.07. The highest BCUT2D eigenvalue weighted by molar-refractivity contribution is 6.29. The third-order valence-electron chi connectivity index (χ3n) is 2.35. The van der Waals surface area contributed by atoms with Crippen molar-refractivity contribution < 1.29 is 0 Å². The summed E-state index contributed by atoms with van der Waals surface area (Å²) in [6.45, 7) is 0.590. The quantitative estimate of drug-likeness (QED) is 0.842. The van der Waals surface area contributed by atoms with Crippen molar-refractivity contribution in [2.75, 3.05) is 5.32 Å². The molecule has 1 aromatic carbocycles. The summed E-state index contributed by atoms with van der Waals surface area (Å²) in [4.78, 5) is 3.97. The van der Waals surface area contributed by atoms with Gasteiger partial charge in [-0.1, -0.05) is 29.8 Å². The first-order valence-corrected chi connectivity index (χ1v) is 5.51. The Morgan fingerprint density at radius 1 is 1.24 bits per heavy atom. The van der Waals surface area contributed by atoms with E-state index in [9.17, 15) is 0 Å². The maximum absolute atomic E-state index is 8.94. The third-order valence-corrected chi connectivity index (χ3v) is 2.57. The number of nitriles is 1. The van der Waals surface area contributed by atoms with Crippen LogP contribution >= 0.6 is 11.6 Å². The summed E-state index contributed by atoms with van der Waals surface area (Å²) in [5, 5.41) is 12.6. The van der Waals surface area contributed by atoms with Gasteiger partial charge in [0.1, 0.15) is 5.15 Å². The van der Waals surface area contributed by atoms with Crippen molar-refractivity contribution in [2.45, 2.75) is 6.54 Å². The summed E-state index contributed by atoms with van der Waals surface area (Å²) < 4.78 is 0. The highest BCUT2D eigenvalue weighted by Crippen LogP contribution is 2.13. The van der Waals surface area contributed by atoms with Crippen LogP contribution in [0.2, 0.25) is 5.15 Å². The van der Waals surface area contributed by atoms with Gasteiger partial charge in [0.2, 0.25) is 0 Å². The van der Waals surface area contributed by atoms with Crippen LogP contribution < -0.4 is 5.32 Å². The molecule has 0 aliphatic heterocycles. The molecule has 0 saturated carbocycles. The van der Waals surface area contributed by atoms with Crippen molar-refractivity contribution in [2.24, 2.45) is 0 Å². The first-order valence-electron chi connectivity index (χ1n) is 5.13. The van der Waals surface area contributed by atoms with Gasteiger partial charge in [-0.3, -0.25) is 0 Å². The fourth-order valence-corrected chi connectivity index (χ4v) is 1.57. The van der Waals surface area contributed by atoms with E-state index in [2.05, 4.69) is 16.4 Å². The van der Waals surface area contributed by atoms with E-state index >= 15 is 0 Å². The average Bonchev–Trinajstić information content (AvgIpc) is 2.38. The lowest BCUT2D eigenvalue weighted by atomic mass is 10.1. The molecule has 0 aliphatic rings. The van der Waals surface area contributed by atoms with Crippen LogP contribution in [0.4, 0.5) is 5.69 Å². The molecule has 0 unspecified atom stereocenters. The molecule has 0 atom stereocenters. The molecule has 0 radical (unpaired) electrons. The molecule has 0 spiro atoms. The fourth-order valence-electron chi connectivity index (χ4n) is 1.46. The van der Waals surface area contributed by atoms with Crippen LogP contribution in [0.25, 0.3) is 0 Å². The Hall–Kier alpha value is -2.05. The molecule has 3 nitrogen and oxygen atoms in total. The number of anilines is 1. The van der Waals surface area contributed by atoms with Crippen molar-refractivity contribution in [1.29, 1.82) is 5.26 Å². The summed E-state index contributed by atoms with van der Waals surface area (Å²) in [5.74, 6) is 0. The summed E-state index contributed by atoms with van der Waals surface area (Å²) >= 11 is 5.69. The van der Waals surface area contributed by atoms with Crippen LogP contribution in [0.15, 0.2) is 42.6 Å². The maximum Gasteiger partial charge on any atom is 0.129 e. The second-order valence-corrected chi connectivity index (χ2v) is 3.88. The summed E-state index contributed by atoms with van der Waals surface area (Å²) in [6, 6.07) is 13.2. The Balaban J connectivity index is 2.08. The summed E-state index contributed by atoms with van der Waals surface area (Å²) in [6.07, 6.45) is 1.66. The third kappa shape index (κ3) is 2.96. The standard InChI is InChI=1S/C13H10ClN3/c14-13-6-5-12(9-17-13)16-8-11-4-2-1-3-10(11)7-15/h1-6,9,16H,8H2. The maximum atomic E-state index is 8.94. The highest BCUT2D eigenvalue weighted by atomic mass is 35.5. The minimum absolute atomic E-state index is 0.466. The van der Waals surface area contributed by atoms with Gasteiger partial charge in [-0.2, -0.15) is 5.26 Å². The molecule has 2 rings (SSSR count). The SMILES string of the molecule is N#Cc1ccccc1CNc1ccc(Cl)nc1. The van der Waals surface area contributed by atoms with Crippen LogP contribution in [0.3, 0.4) is 0 Å². The second kappa shape index (κ2) is 5.33. The zero-order valence-electron chi connectivity index (χ0n) is 9.02. The Labute approximate surface area is 105 Å². The number of nitrogens with one attached hydrogen (secondary N) is 1. The summed E-state index contributed by atoms with van der Waals surface area (Å²) in [7, 11) is 0. The number of aromatic nitrogens is 1. The summed E-state index contributed by atoms with van der Waals surface area (Å²) in [5.41, 5.74) is 2.52. The van der Waals surface area contributed by atoms with Gasteiger partial charge in [-0.15, -0.1) is 0 Å². The van der Waals surface area contributed by atoms with Crippen LogP contribution in [0.1, 0.15) is 11.1 Å². The van der Waals surface area contributed by atoms with Gasteiger partial charge in [-0.25, -0.2) is 4.98 Å². The minimum Gasteiger partial charge on any atom is -0.380 e. The predicted octanol–water partition coefficient (Wildman–Crippen LogP) is 3.22. The van der Waals surface area contributed by atoms with Crippen molar-refractivity contribution in [1.82, 2.24) is 4.98 Å². The van der Waals surface area contributed by atoms with E-state index in [0.29, 0.717) is 17.3 Å². The number of hydrogen-bond acceptors (Lipinski definition) is 3. The first-order chi connectivity index (χ1) is 8.29. The van der Waals surface area contributed by atoms with Crippen molar-refractivity contribution in [3.05, 3.63) is 58.9 Å². The largest absolute Gasteiger partial charge is 0.380 e. The van der Waals surface area contributed by atoms with Gasteiger partial charge < -0.3 is 5.32 Å². The average molecular weight is 244 g/mol. The molecule has 17 heavy (non-hydrogen) atoms. The zero-order chi connectivity index (χ0) is 12.1. The number of nitrogens with zero attached hydrogens (tertiary/aromatic N) is 2. The molecule has 1 aromatic heterocycles. The van der Waals surface area contributed by atoms with Gasteiger partial charge in [0.05, 0.1) is 23.5 Å². The number of benzene rings is 1. The van der Waals surface area contributed by atoms with Crippen molar-refractivity contribution in [3.8, 4) is 6.07 Å². The highest BCUT2D eigenvalue weighted by Gasteiger charge is 2.00. The molecule has 84 valence electrons. The van der Waals surface area contributed by atoms with Gasteiger partial charge in [0.15, 0.2) is 0 Å². The molecule has 1 heterocycles. The molecule has 2 aromatic rings. The molecule has 0 bridgehead atoms. The van der Waals surface area contributed by atoms with Crippen molar-refractivity contribution >= 4 is 17.3 Å². The van der Waals surface area contributed by atoms with E-state index in [1.54, 1.807) is 18.3 Å². The predicted molar refractivity (Wildman–Crippen MR) is 67.7 cm³/mol. The topological polar surface area (TPSA) is 48.7 Å². The molecular formula is C13H10ClN3. The molecular weight excluding hydrogens is 234 g/mol. The second-order valence-electron chi connectivity index (χ2n) is 3.49. The Bertz CT molecular complexity index is 543. The smallest absolute Gasteiger partial charge is 0.129 e. The van der Waals surface area contributed by atoms with Crippen LogP contribution in [0.5, 0.6) is 0 Å². The van der Waals surface area contributed by atoms with Crippen LogP contribution in [-0.2, 0) is 6.54 Å². The fraction of sp³-hybridized carbons (Fsp3) is 0.0769. The Morgan fingerprint density at radius 3 is 2.76 bits per heavy atom. The Kier molecular flexibility index (Phi) is 3.59. The lowest BCUT2D eigenvalue weighted by molar-refractivity contribution is 1.13. The zero-order valence-corrected chi connectivity index (χ0v) is 9.78. The first kappa shape index (κ1) is 11.4. The van der Waals surface area contributed by atoms with Crippen molar-refractivity contribution in [3.63, 3.8) is 0 Å². The Morgan fingerprint density at radius 2 is 2.06 bits per heavy atom. The van der Waals surface area contributed by atoms with Gasteiger partial charge >= 0.3 is 0 Å². The number of halogens is 1. The van der Waals surface area contributed by atoms with Gasteiger partial charge in [0.25, 0.3) is 0 Å². The van der Waals surface area contributed by atoms with E-state index in [-0.39, 0.29) is 0 Å². The van der Waals surface area contributed by atoms with Gasteiger partial charge in [-0.05, 0) is 23.8 Å². The minimum atomic E-state index is 0.466. The molecule has 0 aliphatic carbocycles. The number of hydrogen-bond donors (Lipinski definition) is 1. The lowest BCUT2D eigenvalue weighted by Crippen LogP contribution is -2.01. The number of rotatable bonds is 3. The molecule has 0 amide bonds. The molecule has 0 saturated heterocycles. The van der Waals surface area contributed by atoms with E-state index in [0.717, 1.165) is 11.3 Å². The monoisotopic (exact) mass is 243 g/mol. The normalized spacial score (nSPS) is 9.65. The van der Waals surface area contributed by atoms with Crippen LogP contribution in [0, 0.1) is 11.3 Å². The van der Waals surface area contributed by atoms with E-state index in [1.165, 1.54) is 0 Å².